The Balaban J connectivity index is 1.58. The lowest BCUT2D eigenvalue weighted by atomic mass is 10.0. The first-order chi connectivity index (χ1) is 15.1. The van der Waals surface area contributed by atoms with Gasteiger partial charge in [0, 0.05) is 5.56 Å². The van der Waals surface area contributed by atoms with Gasteiger partial charge in [0.15, 0.2) is 11.5 Å². The summed E-state index contributed by atoms with van der Waals surface area (Å²) < 4.78 is 24.7. The third-order valence-electron chi connectivity index (χ3n) is 4.63. The maximum absolute atomic E-state index is 13.1. The lowest BCUT2D eigenvalue weighted by Crippen LogP contribution is -2.06. The Bertz CT molecular complexity index is 1140. The Kier molecular flexibility index (Phi) is 6.08. The molecule has 0 fully saturated rings. The normalized spacial score (nSPS) is 14.3. The van der Waals surface area contributed by atoms with E-state index >= 15 is 0 Å². The van der Waals surface area contributed by atoms with Gasteiger partial charge in [-0.1, -0.05) is 53.7 Å². The van der Waals surface area contributed by atoms with Crippen LogP contribution < -0.4 is 9.47 Å². The number of carbonyl (C=O) groups is 1. The van der Waals surface area contributed by atoms with Crippen molar-refractivity contribution in [2.75, 3.05) is 6.61 Å². The molecule has 0 bridgehead atoms. The maximum atomic E-state index is 13.1. The van der Waals surface area contributed by atoms with Crippen molar-refractivity contribution in [3.05, 3.63) is 101 Å². The highest BCUT2D eigenvalue weighted by molar-refractivity contribution is 6.31. The molecule has 0 unspecified atom stereocenters. The number of oxime groups is 1. The summed E-state index contributed by atoms with van der Waals surface area (Å²) in [6.07, 6.45) is 1.72. The quantitative estimate of drug-likeness (QED) is 0.394. The van der Waals surface area contributed by atoms with E-state index in [9.17, 15) is 9.18 Å². The summed E-state index contributed by atoms with van der Waals surface area (Å²) in [5.41, 5.74) is 3.24. The van der Waals surface area contributed by atoms with Crippen LogP contribution in [-0.4, -0.2) is 18.3 Å². The molecule has 0 radical (unpaired) electrons. The molecule has 3 aromatic rings. The molecule has 156 valence electrons. The average Bonchev–Trinajstić information content (AvgIpc) is 3.15. The summed E-state index contributed by atoms with van der Waals surface area (Å²) in [7, 11) is 0. The van der Waals surface area contributed by atoms with Crippen LogP contribution in [-0.2, 0) is 16.2 Å². The van der Waals surface area contributed by atoms with Gasteiger partial charge in [-0.3, -0.25) is 0 Å². The second-order valence-corrected chi connectivity index (χ2v) is 6.80. The zero-order valence-corrected chi connectivity index (χ0v) is 16.9. The number of nitrogens with zero attached hydrogens (tertiary/aromatic N) is 1. The predicted octanol–water partition coefficient (Wildman–Crippen LogP) is 5.15. The van der Waals surface area contributed by atoms with E-state index < -0.39 is 5.97 Å². The second-order valence-electron chi connectivity index (χ2n) is 6.80. The summed E-state index contributed by atoms with van der Waals surface area (Å²) in [5, 5.41) is 3.93. The highest BCUT2D eigenvalue weighted by Gasteiger charge is 2.26. The van der Waals surface area contributed by atoms with Crippen molar-refractivity contribution in [3.8, 4) is 11.5 Å². The first-order valence-corrected chi connectivity index (χ1v) is 9.85. The van der Waals surface area contributed by atoms with Crippen LogP contribution in [0.5, 0.6) is 11.5 Å². The third kappa shape index (κ3) is 4.80. The van der Waals surface area contributed by atoms with Crippen LogP contribution in [0.4, 0.5) is 4.39 Å². The predicted molar refractivity (Wildman–Crippen MR) is 115 cm³/mol. The molecule has 5 nitrogen and oxygen atoms in total. The van der Waals surface area contributed by atoms with Crippen LogP contribution in [0.1, 0.15) is 23.6 Å². The van der Waals surface area contributed by atoms with E-state index in [1.54, 1.807) is 30.3 Å². The Morgan fingerprint density at radius 3 is 2.48 bits per heavy atom. The molecule has 1 aliphatic rings. The van der Waals surface area contributed by atoms with Crippen LogP contribution >= 0.6 is 0 Å². The number of ether oxygens (including phenoxy) is 2. The first-order valence-electron chi connectivity index (χ1n) is 9.85. The van der Waals surface area contributed by atoms with E-state index in [2.05, 4.69) is 5.16 Å². The molecule has 0 saturated heterocycles. The van der Waals surface area contributed by atoms with Gasteiger partial charge in [0.2, 0.25) is 0 Å². The molecule has 0 saturated carbocycles. The van der Waals surface area contributed by atoms with Crippen molar-refractivity contribution in [3.63, 3.8) is 0 Å². The molecule has 3 aromatic carbocycles. The van der Waals surface area contributed by atoms with Gasteiger partial charge in [0.1, 0.15) is 18.1 Å². The van der Waals surface area contributed by atoms with E-state index in [0.717, 1.165) is 16.7 Å². The van der Waals surface area contributed by atoms with Gasteiger partial charge >= 0.3 is 5.97 Å². The van der Waals surface area contributed by atoms with E-state index in [0.29, 0.717) is 29.4 Å². The van der Waals surface area contributed by atoms with Gasteiger partial charge in [-0.15, -0.1) is 0 Å². The molecular formula is C25H20FNO4. The van der Waals surface area contributed by atoms with Crippen molar-refractivity contribution in [2.24, 2.45) is 5.16 Å². The maximum Gasteiger partial charge on any atom is 0.368 e. The van der Waals surface area contributed by atoms with Crippen molar-refractivity contribution < 1.29 is 23.5 Å². The highest BCUT2D eigenvalue weighted by atomic mass is 19.1. The Hall–Kier alpha value is -3.93. The second kappa shape index (κ2) is 9.26. The van der Waals surface area contributed by atoms with Gasteiger partial charge in [0.05, 0.1) is 12.2 Å². The van der Waals surface area contributed by atoms with Crippen LogP contribution in [0.15, 0.2) is 83.5 Å². The summed E-state index contributed by atoms with van der Waals surface area (Å²) in [6.45, 7) is 2.60. The minimum atomic E-state index is -0.506. The number of carbonyl (C=O) groups excluding carboxylic acids is 1. The fraction of sp³-hybridized carbons (Fsp3) is 0.120. The zero-order valence-electron chi connectivity index (χ0n) is 16.9. The summed E-state index contributed by atoms with van der Waals surface area (Å²) in [5.74, 6) is 0.302. The molecule has 0 N–H and O–H groups in total. The Labute approximate surface area is 179 Å². The molecule has 0 amide bonds. The molecule has 0 aromatic heterocycles. The van der Waals surface area contributed by atoms with Gasteiger partial charge in [-0.25, -0.2) is 9.18 Å². The smallest absolute Gasteiger partial charge is 0.368 e. The largest absolute Gasteiger partial charge is 0.490 e. The Morgan fingerprint density at radius 1 is 0.968 bits per heavy atom. The molecule has 0 atom stereocenters. The fourth-order valence-corrected chi connectivity index (χ4v) is 3.12. The van der Waals surface area contributed by atoms with Gasteiger partial charge < -0.3 is 14.3 Å². The lowest BCUT2D eigenvalue weighted by molar-refractivity contribution is -0.136. The summed E-state index contributed by atoms with van der Waals surface area (Å²) in [6, 6.07) is 20.9. The number of benzene rings is 3. The van der Waals surface area contributed by atoms with Crippen molar-refractivity contribution in [1.82, 2.24) is 0 Å². The van der Waals surface area contributed by atoms with Crippen LogP contribution in [0.2, 0.25) is 0 Å². The summed E-state index contributed by atoms with van der Waals surface area (Å²) in [4.78, 5) is 17.1. The first kappa shape index (κ1) is 20.3. The van der Waals surface area contributed by atoms with E-state index in [1.807, 2.05) is 43.3 Å². The van der Waals surface area contributed by atoms with Gasteiger partial charge in [0.25, 0.3) is 0 Å². The highest BCUT2D eigenvalue weighted by Crippen LogP contribution is 2.31. The third-order valence-corrected chi connectivity index (χ3v) is 4.63. The minimum Gasteiger partial charge on any atom is -0.490 e. The van der Waals surface area contributed by atoms with Crippen molar-refractivity contribution in [2.45, 2.75) is 13.5 Å². The standard InChI is InChI=1S/C25H20FNO4/c1-2-29-23-15-18(10-13-22(23)30-16-17-8-11-20(26)12-9-17)14-21-24(27-31-25(21)28)19-6-4-3-5-7-19/h3-15H,2,16H2,1H3/b21-14+. The SMILES string of the molecule is CCOc1cc(/C=C2/C(=O)ON=C2c2ccccc2)ccc1OCc1ccc(F)cc1. The van der Waals surface area contributed by atoms with E-state index in [1.165, 1.54) is 12.1 Å². The van der Waals surface area contributed by atoms with Gasteiger partial charge in [-0.2, -0.15) is 0 Å². The lowest BCUT2D eigenvalue weighted by Gasteiger charge is -2.13. The van der Waals surface area contributed by atoms with Crippen molar-refractivity contribution >= 4 is 17.8 Å². The fourth-order valence-electron chi connectivity index (χ4n) is 3.12. The zero-order chi connectivity index (χ0) is 21.6. The molecule has 6 heteroatoms. The molecule has 1 aliphatic heterocycles. The number of halogens is 1. The molecule has 4 rings (SSSR count). The topological polar surface area (TPSA) is 57.1 Å². The Morgan fingerprint density at radius 2 is 1.74 bits per heavy atom. The van der Waals surface area contributed by atoms with Crippen LogP contribution in [0, 0.1) is 5.82 Å². The molecule has 1 heterocycles. The minimum absolute atomic E-state index is 0.276. The number of hydrogen-bond acceptors (Lipinski definition) is 5. The summed E-state index contributed by atoms with van der Waals surface area (Å²) >= 11 is 0. The number of hydrogen-bond donors (Lipinski definition) is 0. The van der Waals surface area contributed by atoms with Crippen LogP contribution in [0.25, 0.3) is 6.08 Å². The monoisotopic (exact) mass is 417 g/mol. The average molecular weight is 417 g/mol. The molecule has 0 aliphatic carbocycles. The molecule has 0 spiro atoms. The van der Waals surface area contributed by atoms with Gasteiger partial charge in [-0.05, 0) is 48.4 Å². The molecule has 31 heavy (non-hydrogen) atoms. The van der Waals surface area contributed by atoms with Crippen LogP contribution in [0.3, 0.4) is 0 Å². The van der Waals surface area contributed by atoms with Crippen molar-refractivity contribution in [1.29, 1.82) is 0 Å². The van der Waals surface area contributed by atoms with E-state index in [-0.39, 0.29) is 12.4 Å². The number of rotatable bonds is 7. The molecular weight excluding hydrogens is 397 g/mol. The van der Waals surface area contributed by atoms with E-state index in [4.69, 9.17) is 14.3 Å².